The molecule has 0 amide bonds. The second-order valence-corrected chi connectivity index (χ2v) is 4.46. The molecule has 0 radical (unpaired) electrons. The van der Waals surface area contributed by atoms with Crippen molar-refractivity contribution < 1.29 is 19.1 Å². The number of hydrogen-bond donors (Lipinski definition) is 0. The molecule has 1 aromatic carbocycles. The molecule has 0 bridgehead atoms. The summed E-state index contributed by atoms with van der Waals surface area (Å²) in [7, 11) is 0. The fourth-order valence-corrected chi connectivity index (χ4v) is 2.04. The van der Waals surface area contributed by atoms with Gasteiger partial charge in [-0.1, -0.05) is 23.2 Å². The molecule has 0 saturated heterocycles. The number of rotatable bonds is 8. The molecule has 0 saturated carbocycles. The largest absolute Gasteiger partial charge is 0.485 e. The maximum Gasteiger partial charge on any atom is 0.272 e. The van der Waals surface area contributed by atoms with Crippen LogP contribution < -0.4 is 4.74 Å². The van der Waals surface area contributed by atoms with Crippen molar-refractivity contribution in [3.8, 4) is 5.75 Å². The molecule has 0 unspecified atom stereocenters. The van der Waals surface area contributed by atoms with Gasteiger partial charge in [0.1, 0.15) is 6.61 Å². The summed E-state index contributed by atoms with van der Waals surface area (Å²) in [6.07, 6.45) is -0.549. The normalized spacial score (nSPS) is 10.8. The summed E-state index contributed by atoms with van der Waals surface area (Å²) < 4.78 is 16.0. The van der Waals surface area contributed by atoms with Crippen LogP contribution in [0.25, 0.3) is 0 Å². The summed E-state index contributed by atoms with van der Waals surface area (Å²) in [4.78, 5) is 10.1. The van der Waals surface area contributed by atoms with Crippen LogP contribution in [0.3, 0.4) is 0 Å². The second-order valence-electron chi connectivity index (χ2n) is 3.65. The lowest BCUT2D eigenvalue weighted by Crippen LogP contribution is -2.25. The van der Waals surface area contributed by atoms with Gasteiger partial charge in [-0.2, -0.15) is 0 Å². The van der Waals surface area contributed by atoms with Crippen molar-refractivity contribution in [2.75, 3.05) is 19.8 Å². The number of non-ortho nitro benzene ring substituents is 1. The Balaban J connectivity index is 2.79. The molecule has 0 fully saturated rings. The van der Waals surface area contributed by atoms with Crippen molar-refractivity contribution in [3.63, 3.8) is 0 Å². The van der Waals surface area contributed by atoms with Crippen molar-refractivity contribution in [1.29, 1.82) is 0 Å². The van der Waals surface area contributed by atoms with Crippen LogP contribution in [0.4, 0.5) is 5.69 Å². The molecule has 0 atom stereocenters. The number of benzene rings is 1. The van der Waals surface area contributed by atoms with Crippen molar-refractivity contribution in [1.82, 2.24) is 0 Å². The van der Waals surface area contributed by atoms with Gasteiger partial charge >= 0.3 is 0 Å². The second kappa shape index (κ2) is 8.26. The summed E-state index contributed by atoms with van der Waals surface area (Å²) in [5.41, 5.74) is -0.196. The Morgan fingerprint density at radius 1 is 1.20 bits per heavy atom. The molecule has 0 N–H and O–H groups in total. The Kier molecular flexibility index (Phi) is 7.01. The van der Waals surface area contributed by atoms with E-state index in [0.29, 0.717) is 13.2 Å². The number of halogens is 2. The lowest BCUT2D eigenvalue weighted by molar-refractivity contribution is -0.384. The monoisotopic (exact) mass is 323 g/mol. The van der Waals surface area contributed by atoms with Gasteiger partial charge in [-0.05, 0) is 13.8 Å². The third-order valence-electron chi connectivity index (χ3n) is 2.26. The van der Waals surface area contributed by atoms with E-state index >= 15 is 0 Å². The first-order valence-electron chi connectivity index (χ1n) is 5.99. The van der Waals surface area contributed by atoms with Crippen LogP contribution in [0.2, 0.25) is 10.0 Å². The molecule has 0 aliphatic heterocycles. The van der Waals surface area contributed by atoms with Crippen molar-refractivity contribution in [2.45, 2.75) is 20.1 Å². The zero-order chi connectivity index (χ0) is 15.1. The molecule has 0 aliphatic carbocycles. The first kappa shape index (κ1) is 17.0. The van der Waals surface area contributed by atoms with Crippen LogP contribution in [-0.4, -0.2) is 31.0 Å². The quantitative estimate of drug-likeness (QED) is 0.414. The summed E-state index contributed by atoms with van der Waals surface area (Å²) in [6, 6.07) is 2.36. The standard InChI is InChI=1S/C12H15Cl2NO5/c1-3-18-11(19-4-2)7-20-12-9(13)5-8(15(16)17)6-10(12)14/h5-6,11H,3-4,7H2,1-2H3. The summed E-state index contributed by atoms with van der Waals surface area (Å²) in [5.74, 6) is 0.170. The summed E-state index contributed by atoms with van der Waals surface area (Å²) in [5, 5.41) is 10.8. The Morgan fingerprint density at radius 3 is 2.10 bits per heavy atom. The maximum absolute atomic E-state index is 10.7. The summed E-state index contributed by atoms with van der Waals surface area (Å²) >= 11 is 11.8. The molecule has 8 heteroatoms. The van der Waals surface area contributed by atoms with E-state index in [4.69, 9.17) is 37.4 Å². The maximum atomic E-state index is 10.7. The first-order valence-corrected chi connectivity index (χ1v) is 6.74. The van der Waals surface area contributed by atoms with Crippen molar-refractivity contribution in [3.05, 3.63) is 32.3 Å². The SMILES string of the molecule is CCOC(COc1c(Cl)cc([N+](=O)[O-])cc1Cl)OCC. The molecule has 1 rings (SSSR count). The number of nitrogens with zero attached hydrogens (tertiary/aromatic N) is 1. The van der Waals surface area contributed by atoms with Gasteiger partial charge < -0.3 is 14.2 Å². The van der Waals surface area contributed by atoms with Crippen LogP contribution in [0.15, 0.2) is 12.1 Å². The van der Waals surface area contributed by atoms with E-state index in [2.05, 4.69) is 0 Å². The molecule has 0 aromatic heterocycles. The van der Waals surface area contributed by atoms with Crippen LogP contribution in [0.1, 0.15) is 13.8 Å². The average molecular weight is 324 g/mol. The van der Waals surface area contributed by atoms with Gasteiger partial charge in [-0.15, -0.1) is 0 Å². The van der Waals surface area contributed by atoms with Gasteiger partial charge in [0, 0.05) is 25.3 Å². The summed E-state index contributed by atoms with van der Waals surface area (Å²) in [6.45, 7) is 4.68. The number of nitro benzene ring substituents is 1. The molecule has 112 valence electrons. The minimum atomic E-state index is -0.579. The zero-order valence-electron chi connectivity index (χ0n) is 11.1. The van der Waals surface area contributed by atoms with Gasteiger partial charge in [0.15, 0.2) is 12.0 Å². The van der Waals surface area contributed by atoms with Crippen LogP contribution >= 0.6 is 23.2 Å². The Morgan fingerprint density at radius 2 is 1.70 bits per heavy atom. The first-order chi connectivity index (χ1) is 9.49. The number of nitro groups is 1. The van der Waals surface area contributed by atoms with Crippen molar-refractivity contribution in [2.24, 2.45) is 0 Å². The topological polar surface area (TPSA) is 70.8 Å². The minimum Gasteiger partial charge on any atom is -0.485 e. The molecular weight excluding hydrogens is 309 g/mol. The molecule has 20 heavy (non-hydrogen) atoms. The minimum absolute atomic E-state index is 0.0657. The van der Waals surface area contributed by atoms with E-state index in [1.807, 2.05) is 13.8 Å². The third-order valence-corrected chi connectivity index (χ3v) is 2.82. The highest BCUT2D eigenvalue weighted by Crippen LogP contribution is 2.36. The highest BCUT2D eigenvalue weighted by Gasteiger charge is 2.17. The van der Waals surface area contributed by atoms with Gasteiger partial charge in [-0.25, -0.2) is 0 Å². The van der Waals surface area contributed by atoms with Gasteiger partial charge in [-0.3, -0.25) is 10.1 Å². The number of ether oxygens (including phenoxy) is 3. The molecule has 0 heterocycles. The molecule has 0 aliphatic rings. The predicted molar refractivity (Wildman–Crippen MR) is 75.7 cm³/mol. The highest BCUT2D eigenvalue weighted by atomic mass is 35.5. The Labute approximate surface area is 126 Å². The van der Waals surface area contributed by atoms with E-state index in [1.165, 1.54) is 12.1 Å². The van der Waals surface area contributed by atoms with Crippen LogP contribution in [0, 0.1) is 10.1 Å². The van der Waals surface area contributed by atoms with Crippen LogP contribution in [0.5, 0.6) is 5.75 Å². The molecular formula is C12H15Cl2NO5. The van der Waals surface area contributed by atoms with Crippen molar-refractivity contribution >= 4 is 28.9 Å². The lowest BCUT2D eigenvalue weighted by Gasteiger charge is -2.18. The smallest absolute Gasteiger partial charge is 0.272 e. The van der Waals surface area contributed by atoms with Gasteiger partial charge in [0.05, 0.1) is 15.0 Å². The van der Waals surface area contributed by atoms with E-state index in [-0.39, 0.29) is 28.1 Å². The van der Waals surface area contributed by atoms with E-state index in [0.717, 1.165) is 0 Å². The highest BCUT2D eigenvalue weighted by molar-refractivity contribution is 6.37. The van der Waals surface area contributed by atoms with E-state index < -0.39 is 11.2 Å². The predicted octanol–water partition coefficient (Wildman–Crippen LogP) is 3.68. The Bertz CT molecular complexity index is 440. The molecule has 0 spiro atoms. The Hall–Kier alpha value is -1.08. The zero-order valence-corrected chi connectivity index (χ0v) is 12.6. The van der Waals surface area contributed by atoms with Gasteiger partial charge in [0.25, 0.3) is 5.69 Å². The number of hydrogen-bond acceptors (Lipinski definition) is 5. The van der Waals surface area contributed by atoms with Gasteiger partial charge in [0.2, 0.25) is 0 Å². The molecule has 1 aromatic rings. The lowest BCUT2D eigenvalue weighted by atomic mass is 10.3. The van der Waals surface area contributed by atoms with E-state index in [1.54, 1.807) is 0 Å². The van der Waals surface area contributed by atoms with E-state index in [9.17, 15) is 10.1 Å². The van der Waals surface area contributed by atoms with Crippen LogP contribution in [-0.2, 0) is 9.47 Å². The fourth-order valence-electron chi connectivity index (χ4n) is 1.46. The average Bonchev–Trinajstić information content (AvgIpc) is 2.37. The molecule has 6 nitrogen and oxygen atoms in total. The fraction of sp³-hybridized carbons (Fsp3) is 0.500. The third kappa shape index (κ3) is 4.79.